The highest BCUT2D eigenvalue weighted by molar-refractivity contribution is 5.92. The Kier molecular flexibility index (Phi) is 4.73. The van der Waals surface area contributed by atoms with E-state index in [9.17, 15) is 14.3 Å². The molecule has 110 valence electrons. The van der Waals surface area contributed by atoms with E-state index in [-0.39, 0.29) is 17.5 Å². The highest BCUT2D eigenvalue weighted by Crippen LogP contribution is 2.22. The van der Waals surface area contributed by atoms with E-state index in [1.807, 2.05) is 6.92 Å². The Bertz CT molecular complexity index is 483. The maximum absolute atomic E-state index is 13.9. The number of nitrogens with zero attached hydrogens (tertiary/aromatic N) is 1. The first-order valence-corrected chi connectivity index (χ1v) is 6.96. The summed E-state index contributed by atoms with van der Waals surface area (Å²) in [5.74, 6) is -0.666. The lowest BCUT2D eigenvalue weighted by Gasteiger charge is -2.33. The number of amides is 1. The van der Waals surface area contributed by atoms with Gasteiger partial charge < -0.3 is 10.8 Å². The molecule has 5 heteroatoms. The fraction of sp³-hybridized carbons (Fsp3) is 0.533. The molecule has 1 amide bonds. The topological polar surface area (TPSA) is 66.6 Å². The van der Waals surface area contributed by atoms with E-state index in [0.717, 1.165) is 25.9 Å². The number of rotatable bonds is 4. The Hall–Kier alpha value is -1.46. The van der Waals surface area contributed by atoms with Gasteiger partial charge in [-0.15, -0.1) is 0 Å². The van der Waals surface area contributed by atoms with Crippen LogP contribution in [-0.4, -0.2) is 35.1 Å². The Morgan fingerprint density at radius 1 is 1.50 bits per heavy atom. The number of aliphatic hydroxyl groups is 1. The molecule has 0 aliphatic carbocycles. The Morgan fingerprint density at radius 3 is 2.65 bits per heavy atom. The lowest BCUT2D eigenvalue weighted by molar-refractivity contribution is 0.0692. The second-order valence-electron chi connectivity index (χ2n) is 5.52. The molecule has 2 rings (SSSR count). The van der Waals surface area contributed by atoms with E-state index in [2.05, 4.69) is 4.90 Å². The van der Waals surface area contributed by atoms with Crippen molar-refractivity contribution in [1.29, 1.82) is 0 Å². The van der Waals surface area contributed by atoms with Gasteiger partial charge in [0.2, 0.25) is 5.91 Å². The van der Waals surface area contributed by atoms with Crippen molar-refractivity contribution < 1.29 is 14.3 Å². The Balaban J connectivity index is 1.96. The Morgan fingerprint density at radius 2 is 2.15 bits per heavy atom. The summed E-state index contributed by atoms with van der Waals surface area (Å²) in [6.45, 7) is 4.05. The number of carbonyl (C=O) groups is 1. The third-order valence-electron chi connectivity index (χ3n) is 4.05. The van der Waals surface area contributed by atoms with E-state index in [1.165, 1.54) is 6.07 Å². The van der Waals surface area contributed by atoms with Crippen molar-refractivity contribution in [2.45, 2.75) is 32.4 Å². The largest absolute Gasteiger partial charge is 0.393 e. The van der Waals surface area contributed by atoms with Gasteiger partial charge >= 0.3 is 0 Å². The van der Waals surface area contributed by atoms with Gasteiger partial charge in [-0.2, -0.15) is 0 Å². The zero-order valence-corrected chi connectivity index (χ0v) is 11.7. The van der Waals surface area contributed by atoms with Crippen LogP contribution in [0.4, 0.5) is 4.39 Å². The van der Waals surface area contributed by atoms with Gasteiger partial charge in [0.05, 0.1) is 6.10 Å². The summed E-state index contributed by atoms with van der Waals surface area (Å²) in [7, 11) is 0. The van der Waals surface area contributed by atoms with Crippen LogP contribution in [0.2, 0.25) is 0 Å². The standard InChI is InChI=1S/C15H21FN2O2/c1-10(19)11-4-6-18(7-5-11)9-13-3-2-12(15(17)20)8-14(13)16/h2-3,8,10-11,19H,4-7,9H2,1H3,(H2,17,20). The van der Waals surface area contributed by atoms with Crippen LogP contribution in [0, 0.1) is 11.7 Å². The third kappa shape index (κ3) is 3.55. The second-order valence-corrected chi connectivity index (χ2v) is 5.52. The quantitative estimate of drug-likeness (QED) is 0.878. The molecule has 1 saturated heterocycles. The predicted octanol–water partition coefficient (Wildman–Crippen LogP) is 1.52. The summed E-state index contributed by atoms with van der Waals surface area (Å²) in [4.78, 5) is 13.1. The molecule has 1 fully saturated rings. The first kappa shape index (κ1) is 14.9. The molecule has 0 spiro atoms. The average molecular weight is 280 g/mol. The van der Waals surface area contributed by atoms with Gasteiger partial charge in [0.1, 0.15) is 5.82 Å². The summed E-state index contributed by atoms with van der Waals surface area (Å²) in [6, 6.07) is 4.37. The number of halogens is 1. The molecule has 1 aromatic rings. The average Bonchev–Trinajstić information content (AvgIpc) is 2.41. The van der Waals surface area contributed by atoms with Gasteiger partial charge in [0.15, 0.2) is 0 Å². The molecule has 1 heterocycles. The number of piperidine rings is 1. The maximum Gasteiger partial charge on any atom is 0.248 e. The highest BCUT2D eigenvalue weighted by atomic mass is 19.1. The minimum absolute atomic E-state index is 0.194. The number of nitrogens with two attached hydrogens (primary N) is 1. The minimum atomic E-state index is -0.617. The fourth-order valence-electron chi connectivity index (χ4n) is 2.66. The fourth-order valence-corrected chi connectivity index (χ4v) is 2.66. The smallest absolute Gasteiger partial charge is 0.248 e. The number of hydrogen-bond acceptors (Lipinski definition) is 3. The maximum atomic E-state index is 13.9. The van der Waals surface area contributed by atoms with Crippen LogP contribution >= 0.6 is 0 Å². The van der Waals surface area contributed by atoms with E-state index in [0.29, 0.717) is 18.0 Å². The molecule has 0 bridgehead atoms. The first-order valence-electron chi connectivity index (χ1n) is 6.96. The molecular formula is C15H21FN2O2. The van der Waals surface area contributed by atoms with Gasteiger partial charge in [-0.25, -0.2) is 4.39 Å². The zero-order valence-electron chi connectivity index (χ0n) is 11.7. The van der Waals surface area contributed by atoms with Crippen molar-refractivity contribution in [2.24, 2.45) is 11.7 Å². The summed E-state index contributed by atoms with van der Waals surface area (Å²) in [6.07, 6.45) is 1.58. The summed E-state index contributed by atoms with van der Waals surface area (Å²) >= 11 is 0. The van der Waals surface area contributed by atoms with Crippen LogP contribution < -0.4 is 5.73 Å². The second kappa shape index (κ2) is 6.33. The van der Waals surface area contributed by atoms with E-state index >= 15 is 0 Å². The molecule has 20 heavy (non-hydrogen) atoms. The number of likely N-dealkylation sites (tertiary alicyclic amines) is 1. The van der Waals surface area contributed by atoms with E-state index in [1.54, 1.807) is 12.1 Å². The lowest BCUT2D eigenvalue weighted by Crippen LogP contribution is -2.36. The molecule has 4 nitrogen and oxygen atoms in total. The van der Waals surface area contributed by atoms with Crippen molar-refractivity contribution in [2.75, 3.05) is 13.1 Å². The van der Waals surface area contributed by atoms with Crippen LogP contribution in [0.3, 0.4) is 0 Å². The SMILES string of the molecule is CC(O)C1CCN(Cc2ccc(C(N)=O)cc2F)CC1. The highest BCUT2D eigenvalue weighted by Gasteiger charge is 2.23. The van der Waals surface area contributed by atoms with Crippen molar-refractivity contribution in [3.8, 4) is 0 Å². The monoisotopic (exact) mass is 280 g/mol. The van der Waals surface area contributed by atoms with Gasteiger partial charge in [-0.3, -0.25) is 9.69 Å². The number of primary amides is 1. The predicted molar refractivity (Wildman–Crippen MR) is 74.6 cm³/mol. The number of benzene rings is 1. The molecule has 0 aromatic heterocycles. The molecule has 0 radical (unpaired) electrons. The molecule has 1 aliphatic heterocycles. The number of hydrogen-bond donors (Lipinski definition) is 2. The Labute approximate surface area is 118 Å². The van der Waals surface area contributed by atoms with E-state index in [4.69, 9.17) is 5.73 Å². The molecule has 1 aliphatic rings. The first-order chi connectivity index (χ1) is 9.47. The summed E-state index contributed by atoms with van der Waals surface area (Å²) in [5.41, 5.74) is 5.89. The van der Waals surface area contributed by atoms with Gasteiger partial charge in [-0.05, 0) is 50.9 Å². The summed E-state index contributed by atoms with van der Waals surface area (Å²) < 4.78 is 13.9. The number of carbonyl (C=O) groups excluding carboxylic acids is 1. The molecule has 1 atom stereocenters. The molecular weight excluding hydrogens is 259 g/mol. The molecule has 3 N–H and O–H groups in total. The normalized spacial score (nSPS) is 18.9. The molecule has 1 unspecified atom stereocenters. The van der Waals surface area contributed by atoms with Crippen LogP contribution in [0.15, 0.2) is 18.2 Å². The number of aliphatic hydroxyl groups excluding tert-OH is 1. The van der Waals surface area contributed by atoms with Gasteiger partial charge in [0, 0.05) is 17.7 Å². The zero-order chi connectivity index (χ0) is 14.7. The summed E-state index contributed by atoms with van der Waals surface area (Å²) in [5, 5.41) is 9.56. The van der Waals surface area contributed by atoms with E-state index < -0.39 is 5.91 Å². The molecule has 0 saturated carbocycles. The van der Waals surface area contributed by atoms with Gasteiger partial charge in [-0.1, -0.05) is 6.07 Å². The molecule has 1 aromatic carbocycles. The van der Waals surface area contributed by atoms with Crippen LogP contribution in [0.5, 0.6) is 0 Å². The van der Waals surface area contributed by atoms with Gasteiger partial charge in [0.25, 0.3) is 0 Å². The van der Waals surface area contributed by atoms with Crippen LogP contribution in [-0.2, 0) is 6.54 Å². The van der Waals surface area contributed by atoms with Crippen LogP contribution in [0.25, 0.3) is 0 Å². The third-order valence-corrected chi connectivity index (χ3v) is 4.05. The van der Waals surface area contributed by atoms with Crippen molar-refractivity contribution in [3.05, 3.63) is 35.1 Å². The van der Waals surface area contributed by atoms with Crippen LogP contribution in [0.1, 0.15) is 35.7 Å². The lowest BCUT2D eigenvalue weighted by atomic mass is 9.92. The van der Waals surface area contributed by atoms with Crippen molar-refractivity contribution >= 4 is 5.91 Å². The van der Waals surface area contributed by atoms with Crippen molar-refractivity contribution in [3.63, 3.8) is 0 Å². The van der Waals surface area contributed by atoms with Crippen molar-refractivity contribution in [1.82, 2.24) is 4.90 Å². The minimum Gasteiger partial charge on any atom is -0.393 e.